The minimum atomic E-state index is -0.158. The third kappa shape index (κ3) is 4.73. The molecule has 0 aromatic carbocycles. The molecule has 112 valence electrons. The van der Waals surface area contributed by atoms with Gasteiger partial charge in [0.15, 0.2) is 0 Å². The van der Waals surface area contributed by atoms with E-state index in [2.05, 4.69) is 26.1 Å². The molecule has 0 radical (unpaired) electrons. The SMILES string of the molecule is CC1CCC(OCCC(C)(CO)NC2CC2)CC1C. The molecule has 0 heterocycles. The molecular weight excluding hydrogens is 238 g/mol. The number of aliphatic hydroxyl groups is 1. The number of hydrogen-bond donors (Lipinski definition) is 2. The van der Waals surface area contributed by atoms with Gasteiger partial charge in [0.05, 0.1) is 12.7 Å². The average molecular weight is 269 g/mol. The van der Waals surface area contributed by atoms with E-state index in [0.717, 1.165) is 24.9 Å². The fourth-order valence-electron chi connectivity index (χ4n) is 3.02. The van der Waals surface area contributed by atoms with Crippen LogP contribution in [0.3, 0.4) is 0 Å². The van der Waals surface area contributed by atoms with Gasteiger partial charge in [-0.05, 0) is 57.3 Å². The highest BCUT2D eigenvalue weighted by atomic mass is 16.5. The number of nitrogens with one attached hydrogen (secondary N) is 1. The zero-order valence-corrected chi connectivity index (χ0v) is 12.8. The first-order valence-electron chi connectivity index (χ1n) is 8.02. The topological polar surface area (TPSA) is 41.5 Å². The van der Waals surface area contributed by atoms with Crippen LogP contribution in [-0.4, -0.2) is 36.0 Å². The highest BCUT2D eigenvalue weighted by molar-refractivity contribution is 4.92. The normalized spacial score (nSPS) is 35.1. The Bertz CT molecular complexity index is 280. The molecule has 0 amide bonds. The summed E-state index contributed by atoms with van der Waals surface area (Å²) >= 11 is 0. The Hall–Kier alpha value is -0.120. The quantitative estimate of drug-likeness (QED) is 0.746. The van der Waals surface area contributed by atoms with Crippen LogP contribution in [0.25, 0.3) is 0 Å². The maximum atomic E-state index is 9.56. The lowest BCUT2D eigenvalue weighted by molar-refractivity contribution is -0.01000. The maximum absolute atomic E-state index is 9.56. The van der Waals surface area contributed by atoms with Gasteiger partial charge in [-0.3, -0.25) is 0 Å². The van der Waals surface area contributed by atoms with E-state index in [1.807, 2.05) is 0 Å². The van der Waals surface area contributed by atoms with Gasteiger partial charge in [-0.1, -0.05) is 13.8 Å². The highest BCUT2D eigenvalue weighted by Crippen LogP contribution is 2.31. The molecule has 2 aliphatic carbocycles. The molecule has 0 aliphatic heterocycles. The Kier molecular flexibility index (Phi) is 5.27. The number of hydrogen-bond acceptors (Lipinski definition) is 3. The zero-order valence-electron chi connectivity index (χ0n) is 12.8. The Morgan fingerprint density at radius 2 is 1.89 bits per heavy atom. The predicted molar refractivity (Wildman–Crippen MR) is 78.2 cm³/mol. The average Bonchev–Trinajstić information content (AvgIpc) is 3.17. The summed E-state index contributed by atoms with van der Waals surface area (Å²) in [6, 6.07) is 0.632. The summed E-state index contributed by atoms with van der Waals surface area (Å²) in [7, 11) is 0. The third-order valence-electron chi connectivity index (χ3n) is 5.04. The van der Waals surface area contributed by atoms with Crippen LogP contribution in [0.1, 0.15) is 59.3 Å². The lowest BCUT2D eigenvalue weighted by Crippen LogP contribution is -2.48. The van der Waals surface area contributed by atoms with Crippen LogP contribution in [0.15, 0.2) is 0 Å². The molecule has 0 spiro atoms. The highest BCUT2D eigenvalue weighted by Gasteiger charge is 2.32. The Balaban J connectivity index is 1.67. The van der Waals surface area contributed by atoms with E-state index in [0.29, 0.717) is 12.1 Å². The fraction of sp³-hybridized carbons (Fsp3) is 1.00. The van der Waals surface area contributed by atoms with E-state index >= 15 is 0 Å². The minimum absolute atomic E-state index is 0.158. The molecule has 4 unspecified atom stereocenters. The van der Waals surface area contributed by atoms with Crippen molar-refractivity contribution in [3.8, 4) is 0 Å². The second kappa shape index (κ2) is 6.55. The lowest BCUT2D eigenvalue weighted by atomic mass is 9.80. The van der Waals surface area contributed by atoms with Crippen LogP contribution in [0, 0.1) is 11.8 Å². The van der Waals surface area contributed by atoms with Gasteiger partial charge in [-0.15, -0.1) is 0 Å². The summed E-state index contributed by atoms with van der Waals surface area (Å²) in [6.07, 6.45) is 7.56. The van der Waals surface area contributed by atoms with Crippen molar-refractivity contribution in [1.82, 2.24) is 5.32 Å². The van der Waals surface area contributed by atoms with Crippen molar-refractivity contribution >= 4 is 0 Å². The van der Waals surface area contributed by atoms with Crippen molar-refractivity contribution in [3.63, 3.8) is 0 Å². The summed E-state index contributed by atoms with van der Waals surface area (Å²) in [5, 5.41) is 13.1. The molecule has 0 bridgehead atoms. The number of rotatable bonds is 7. The van der Waals surface area contributed by atoms with Crippen LogP contribution in [0.2, 0.25) is 0 Å². The van der Waals surface area contributed by atoms with Gasteiger partial charge in [0, 0.05) is 18.2 Å². The van der Waals surface area contributed by atoms with Crippen LogP contribution in [0.5, 0.6) is 0 Å². The first-order valence-corrected chi connectivity index (χ1v) is 8.02. The standard InChI is InChI=1S/C16H31NO2/c1-12-4-7-15(10-13(12)2)19-9-8-16(3,11-18)17-14-5-6-14/h12-15,17-18H,4-11H2,1-3H3. The van der Waals surface area contributed by atoms with E-state index in [1.165, 1.54) is 32.1 Å². The van der Waals surface area contributed by atoms with Gasteiger partial charge in [0.25, 0.3) is 0 Å². The summed E-state index contributed by atoms with van der Waals surface area (Å²) in [5.41, 5.74) is -0.158. The Morgan fingerprint density at radius 1 is 1.16 bits per heavy atom. The summed E-state index contributed by atoms with van der Waals surface area (Å²) in [5.74, 6) is 1.63. The van der Waals surface area contributed by atoms with E-state index in [9.17, 15) is 5.11 Å². The van der Waals surface area contributed by atoms with Gasteiger partial charge >= 0.3 is 0 Å². The van der Waals surface area contributed by atoms with E-state index < -0.39 is 0 Å². The number of aliphatic hydroxyl groups excluding tert-OH is 1. The summed E-state index contributed by atoms with van der Waals surface area (Å²) in [4.78, 5) is 0. The van der Waals surface area contributed by atoms with Crippen molar-refractivity contribution in [2.45, 2.75) is 77.0 Å². The Labute approximate surface area is 118 Å². The largest absolute Gasteiger partial charge is 0.394 e. The summed E-state index contributed by atoms with van der Waals surface area (Å²) < 4.78 is 6.05. The Morgan fingerprint density at radius 3 is 2.47 bits per heavy atom. The molecule has 19 heavy (non-hydrogen) atoms. The van der Waals surface area contributed by atoms with Crippen molar-refractivity contribution in [2.75, 3.05) is 13.2 Å². The molecular formula is C16H31NO2. The van der Waals surface area contributed by atoms with Crippen LogP contribution in [0.4, 0.5) is 0 Å². The maximum Gasteiger partial charge on any atom is 0.0611 e. The van der Waals surface area contributed by atoms with Gasteiger partial charge in [-0.2, -0.15) is 0 Å². The predicted octanol–water partition coefficient (Wildman–Crippen LogP) is 2.72. The van der Waals surface area contributed by atoms with E-state index in [-0.39, 0.29) is 12.1 Å². The first-order chi connectivity index (χ1) is 9.02. The zero-order chi connectivity index (χ0) is 13.9. The molecule has 2 rings (SSSR count). The molecule has 0 aromatic heterocycles. The molecule has 2 N–H and O–H groups in total. The third-order valence-corrected chi connectivity index (χ3v) is 5.04. The molecule has 2 saturated carbocycles. The van der Waals surface area contributed by atoms with Crippen molar-refractivity contribution < 1.29 is 9.84 Å². The molecule has 4 atom stereocenters. The second-order valence-electron chi connectivity index (χ2n) is 7.15. The van der Waals surface area contributed by atoms with E-state index in [4.69, 9.17) is 4.74 Å². The van der Waals surface area contributed by atoms with Gasteiger partial charge in [0.2, 0.25) is 0 Å². The van der Waals surface area contributed by atoms with Crippen molar-refractivity contribution in [2.24, 2.45) is 11.8 Å². The van der Waals surface area contributed by atoms with Gasteiger partial charge < -0.3 is 15.2 Å². The number of ether oxygens (including phenoxy) is 1. The van der Waals surface area contributed by atoms with Crippen molar-refractivity contribution in [1.29, 1.82) is 0 Å². The smallest absolute Gasteiger partial charge is 0.0611 e. The van der Waals surface area contributed by atoms with Crippen LogP contribution < -0.4 is 5.32 Å². The lowest BCUT2D eigenvalue weighted by Gasteiger charge is -2.34. The molecule has 3 nitrogen and oxygen atoms in total. The van der Waals surface area contributed by atoms with Gasteiger partial charge in [0.1, 0.15) is 0 Å². The summed E-state index contributed by atoms with van der Waals surface area (Å²) in [6.45, 7) is 7.77. The van der Waals surface area contributed by atoms with Crippen LogP contribution in [-0.2, 0) is 4.74 Å². The molecule has 0 aromatic rings. The molecule has 0 saturated heterocycles. The first kappa shape index (κ1) is 15.3. The van der Waals surface area contributed by atoms with Crippen molar-refractivity contribution in [3.05, 3.63) is 0 Å². The van der Waals surface area contributed by atoms with Gasteiger partial charge in [-0.25, -0.2) is 0 Å². The molecule has 3 heteroatoms. The molecule has 2 fully saturated rings. The fourth-order valence-corrected chi connectivity index (χ4v) is 3.02. The second-order valence-corrected chi connectivity index (χ2v) is 7.15. The van der Waals surface area contributed by atoms with Crippen LogP contribution >= 0.6 is 0 Å². The minimum Gasteiger partial charge on any atom is -0.394 e. The monoisotopic (exact) mass is 269 g/mol. The molecule has 2 aliphatic rings. The van der Waals surface area contributed by atoms with E-state index in [1.54, 1.807) is 0 Å².